The molecular formula is C23H24N4O3S. The van der Waals surface area contributed by atoms with E-state index < -0.39 is 0 Å². The van der Waals surface area contributed by atoms with Crippen LogP contribution in [0.25, 0.3) is 6.08 Å². The van der Waals surface area contributed by atoms with E-state index in [1.54, 1.807) is 24.5 Å². The summed E-state index contributed by atoms with van der Waals surface area (Å²) in [5, 5.41) is 15.9. The van der Waals surface area contributed by atoms with E-state index in [9.17, 15) is 14.9 Å². The van der Waals surface area contributed by atoms with Gasteiger partial charge in [-0.05, 0) is 67.7 Å². The fraction of sp³-hybridized carbons (Fsp3) is 0.391. The molecule has 2 aromatic heterocycles. The lowest BCUT2D eigenvalue weighted by atomic mass is 9.88. The summed E-state index contributed by atoms with van der Waals surface area (Å²) in [4.78, 5) is 29.3. The van der Waals surface area contributed by atoms with Crippen molar-refractivity contribution in [3.05, 3.63) is 52.2 Å². The Balaban J connectivity index is 1.35. The number of rotatable bonds is 6. The van der Waals surface area contributed by atoms with Gasteiger partial charge in [-0.3, -0.25) is 9.78 Å². The summed E-state index contributed by atoms with van der Waals surface area (Å²) in [5.41, 5.74) is 2.38. The number of nitrogens with one attached hydrogen (secondary N) is 2. The van der Waals surface area contributed by atoms with Gasteiger partial charge in [0.25, 0.3) is 0 Å². The molecule has 0 aliphatic heterocycles. The number of pyridine rings is 1. The molecule has 0 saturated heterocycles. The normalized spacial score (nSPS) is 18.0. The van der Waals surface area contributed by atoms with Crippen LogP contribution in [-0.2, 0) is 22.4 Å². The smallest absolute Gasteiger partial charge is 0.407 e. The van der Waals surface area contributed by atoms with Gasteiger partial charge < -0.3 is 15.4 Å². The lowest BCUT2D eigenvalue weighted by Crippen LogP contribution is -2.40. The Hall–Kier alpha value is -3.18. The Morgan fingerprint density at radius 1 is 1.35 bits per heavy atom. The van der Waals surface area contributed by atoms with Crippen LogP contribution in [0, 0.1) is 17.2 Å². The molecule has 160 valence electrons. The number of nitriles is 1. The van der Waals surface area contributed by atoms with E-state index in [0.29, 0.717) is 17.2 Å². The van der Waals surface area contributed by atoms with Crippen molar-refractivity contribution in [3.8, 4) is 6.07 Å². The molecule has 7 nitrogen and oxygen atoms in total. The molecule has 8 heteroatoms. The summed E-state index contributed by atoms with van der Waals surface area (Å²) in [6.45, 7) is 0.368. The molecule has 2 heterocycles. The number of nitrogens with zero attached hydrogens (tertiary/aromatic N) is 2. The van der Waals surface area contributed by atoms with Crippen LogP contribution in [0.1, 0.15) is 47.3 Å². The number of aromatic nitrogens is 1. The van der Waals surface area contributed by atoms with Crippen LogP contribution in [0.5, 0.6) is 0 Å². The van der Waals surface area contributed by atoms with E-state index >= 15 is 0 Å². The molecule has 0 radical (unpaired) electrons. The van der Waals surface area contributed by atoms with E-state index in [1.807, 2.05) is 6.07 Å². The molecule has 1 atom stereocenters. The van der Waals surface area contributed by atoms with Crippen LogP contribution in [-0.4, -0.2) is 29.6 Å². The average Bonchev–Trinajstić information content (AvgIpc) is 3.10. The first-order valence-electron chi connectivity index (χ1n) is 10.5. The average molecular weight is 437 g/mol. The lowest BCUT2D eigenvalue weighted by Gasteiger charge is -2.27. The molecule has 0 bridgehead atoms. The van der Waals surface area contributed by atoms with Crippen LogP contribution >= 0.6 is 11.3 Å². The molecule has 4 rings (SSSR count). The van der Waals surface area contributed by atoms with Crippen LogP contribution < -0.4 is 10.6 Å². The van der Waals surface area contributed by atoms with Crippen LogP contribution in [0.2, 0.25) is 0 Å². The van der Waals surface area contributed by atoms with E-state index in [4.69, 9.17) is 4.74 Å². The molecule has 2 aromatic rings. The molecule has 1 unspecified atom stereocenters. The molecule has 2 amide bonds. The SMILES string of the molecule is N#Cc1c(NC(=O)C=Cc2cccnc2)sc2c1CCC(COC(=O)NC1CCC1)C2. The van der Waals surface area contributed by atoms with Gasteiger partial charge in [0.2, 0.25) is 5.91 Å². The van der Waals surface area contributed by atoms with Gasteiger partial charge in [0.1, 0.15) is 11.1 Å². The van der Waals surface area contributed by atoms with Crippen molar-refractivity contribution in [2.45, 2.75) is 44.6 Å². The summed E-state index contributed by atoms with van der Waals surface area (Å²) >= 11 is 1.44. The second kappa shape index (κ2) is 9.75. The van der Waals surface area contributed by atoms with Crippen molar-refractivity contribution < 1.29 is 14.3 Å². The molecule has 1 fully saturated rings. The number of hydrogen-bond acceptors (Lipinski definition) is 6. The number of ether oxygens (including phenoxy) is 1. The quantitative estimate of drug-likeness (QED) is 0.665. The van der Waals surface area contributed by atoms with Gasteiger partial charge in [-0.1, -0.05) is 6.07 Å². The highest BCUT2D eigenvalue weighted by molar-refractivity contribution is 7.16. The van der Waals surface area contributed by atoms with Gasteiger partial charge in [-0.25, -0.2) is 4.79 Å². The van der Waals surface area contributed by atoms with Gasteiger partial charge in [0, 0.05) is 29.4 Å². The Kier molecular flexibility index (Phi) is 6.63. The van der Waals surface area contributed by atoms with Crippen molar-refractivity contribution in [1.82, 2.24) is 10.3 Å². The highest BCUT2D eigenvalue weighted by Crippen LogP contribution is 2.39. The minimum atomic E-state index is -0.340. The zero-order valence-corrected chi connectivity index (χ0v) is 17.9. The Morgan fingerprint density at radius 3 is 2.94 bits per heavy atom. The summed E-state index contributed by atoms with van der Waals surface area (Å²) in [7, 11) is 0. The Labute approximate surface area is 185 Å². The first-order valence-corrected chi connectivity index (χ1v) is 11.3. The van der Waals surface area contributed by atoms with Crippen molar-refractivity contribution in [3.63, 3.8) is 0 Å². The van der Waals surface area contributed by atoms with E-state index in [1.165, 1.54) is 17.4 Å². The molecule has 2 aliphatic rings. The predicted octanol–water partition coefficient (Wildman–Crippen LogP) is 4.05. The van der Waals surface area contributed by atoms with Gasteiger partial charge >= 0.3 is 6.09 Å². The molecule has 1 saturated carbocycles. The fourth-order valence-corrected chi connectivity index (χ4v) is 5.07. The number of hydrogen-bond donors (Lipinski definition) is 2. The predicted molar refractivity (Wildman–Crippen MR) is 119 cm³/mol. The Bertz CT molecular complexity index is 1020. The number of anilines is 1. The second-order valence-electron chi connectivity index (χ2n) is 7.91. The van der Waals surface area contributed by atoms with Crippen LogP contribution in [0.3, 0.4) is 0 Å². The van der Waals surface area contributed by atoms with E-state index in [2.05, 4.69) is 21.7 Å². The van der Waals surface area contributed by atoms with E-state index in [-0.39, 0.29) is 24.0 Å². The Morgan fingerprint density at radius 2 is 2.23 bits per heavy atom. The molecule has 2 N–H and O–H groups in total. The zero-order valence-electron chi connectivity index (χ0n) is 17.1. The highest BCUT2D eigenvalue weighted by atomic mass is 32.1. The lowest BCUT2D eigenvalue weighted by molar-refractivity contribution is -0.111. The minimum Gasteiger partial charge on any atom is -0.449 e. The van der Waals surface area contributed by atoms with Crippen molar-refractivity contribution in [1.29, 1.82) is 5.26 Å². The van der Waals surface area contributed by atoms with Crippen molar-refractivity contribution >= 4 is 34.4 Å². The third-order valence-corrected chi connectivity index (χ3v) is 6.87. The summed E-state index contributed by atoms with van der Waals surface area (Å²) < 4.78 is 5.41. The van der Waals surface area contributed by atoms with Gasteiger partial charge in [-0.15, -0.1) is 11.3 Å². The number of fused-ring (bicyclic) bond motifs is 1. The minimum absolute atomic E-state index is 0.221. The van der Waals surface area contributed by atoms with Crippen LogP contribution in [0.15, 0.2) is 30.6 Å². The highest BCUT2D eigenvalue weighted by Gasteiger charge is 2.27. The number of carbonyl (C=O) groups is 2. The fourth-order valence-electron chi connectivity index (χ4n) is 3.76. The number of amides is 2. The van der Waals surface area contributed by atoms with Gasteiger partial charge in [0.15, 0.2) is 0 Å². The third-order valence-electron chi connectivity index (χ3n) is 5.70. The molecule has 0 spiro atoms. The maximum absolute atomic E-state index is 12.3. The topological polar surface area (TPSA) is 104 Å². The largest absolute Gasteiger partial charge is 0.449 e. The first-order chi connectivity index (χ1) is 15.1. The van der Waals surface area contributed by atoms with Gasteiger partial charge in [-0.2, -0.15) is 5.26 Å². The molecule has 31 heavy (non-hydrogen) atoms. The number of alkyl carbamates (subject to hydrolysis) is 1. The van der Waals surface area contributed by atoms with Crippen molar-refractivity contribution in [2.24, 2.45) is 5.92 Å². The van der Waals surface area contributed by atoms with Crippen molar-refractivity contribution in [2.75, 3.05) is 11.9 Å². The number of thiophene rings is 1. The monoisotopic (exact) mass is 436 g/mol. The molecule has 0 aromatic carbocycles. The molecule has 2 aliphatic carbocycles. The summed E-state index contributed by atoms with van der Waals surface area (Å²) in [5.74, 6) is -0.0645. The summed E-state index contributed by atoms with van der Waals surface area (Å²) in [6.07, 6.45) is 11.7. The van der Waals surface area contributed by atoms with E-state index in [0.717, 1.165) is 54.5 Å². The standard InChI is InChI=1S/C23H24N4O3S/c24-12-19-18-8-6-16(14-30-23(29)26-17-4-1-5-17)11-20(18)31-22(19)27-21(28)9-7-15-3-2-10-25-13-15/h2-3,7,9-10,13,16-17H,1,4-6,8,11,14H2,(H,26,29)(H,27,28). The molecular weight excluding hydrogens is 412 g/mol. The third kappa shape index (κ3) is 5.30. The van der Waals surface area contributed by atoms with Gasteiger partial charge in [0.05, 0.1) is 12.2 Å². The second-order valence-corrected chi connectivity index (χ2v) is 9.01. The number of carbonyl (C=O) groups excluding carboxylic acids is 2. The van der Waals surface area contributed by atoms with Crippen LogP contribution in [0.4, 0.5) is 9.80 Å². The maximum Gasteiger partial charge on any atom is 0.407 e. The zero-order chi connectivity index (χ0) is 21.6. The summed E-state index contributed by atoms with van der Waals surface area (Å²) in [6, 6.07) is 6.17. The first kappa shape index (κ1) is 21.1. The maximum atomic E-state index is 12.3.